The van der Waals surface area contributed by atoms with Crippen molar-refractivity contribution in [1.82, 2.24) is 35.2 Å². The molecule has 1 aliphatic rings. The van der Waals surface area contributed by atoms with E-state index in [4.69, 9.17) is 42.6 Å². The van der Waals surface area contributed by atoms with Crippen LogP contribution in [0.25, 0.3) is 0 Å². The third kappa shape index (κ3) is 17.5. The zero-order valence-corrected chi connectivity index (χ0v) is 38.8. The fraction of sp³-hybridized carbons (Fsp3) is 0.468. The zero-order valence-electron chi connectivity index (χ0n) is 38.0. The molecule has 0 aliphatic carbocycles. The number of benzene rings is 2. The Morgan fingerprint density at radius 2 is 1.48 bits per heavy atom. The van der Waals surface area contributed by atoms with E-state index in [1.807, 2.05) is 42.8 Å². The smallest absolute Gasteiger partial charge is 0.258 e. The van der Waals surface area contributed by atoms with Crippen LogP contribution in [0.1, 0.15) is 27.5 Å². The number of anilines is 1. The largest absolute Gasteiger partial charge is 0.495 e. The van der Waals surface area contributed by atoms with Gasteiger partial charge in [0.05, 0.1) is 110 Å². The van der Waals surface area contributed by atoms with Crippen molar-refractivity contribution in [3.8, 4) is 34.8 Å². The Kier molecular flexibility index (Phi) is 21.2. The fourth-order valence-electron chi connectivity index (χ4n) is 6.62. The molecule has 3 aromatic heterocycles. The lowest BCUT2D eigenvalue weighted by atomic mass is 10.1. The molecule has 0 spiro atoms. The maximum atomic E-state index is 12.1. The van der Waals surface area contributed by atoms with Crippen LogP contribution >= 0.6 is 11.3 Å². The second-order valence-electron chi connectivity index (χ2n) is 14.8. The standard InChI is InChI=1S/C47H60N8O10S/c1-37-50-40(36-66-37)10-8-38-28-42(31-48-30-38)64-35-47(56)49-12-18-59-20-22-61-24-26-63-27-25-62-23-21-60-19-17-55-33-41(51-52-55)34-65-45-11-9-39(29-46(45)58-3)32-53-13-15-54(16-14-53)43-6-4-5-7-44(43)57-2/h4-7,9,11,28-31,33,36H,12-27,32,34-35H2,1-3H3,(H,49,56). The number of aromatic nitrogens is 5. The van der Waals surface area contributed by atoms with Crippen molar-refractivity contribution in [2.24, 2.45) is 0 Å². The Morgan fingerprint density at radius 3 is 2.20 bits per heavy atom. The summed E-state index contributed by atoms with van der Waals surface area (Å²) >= 11 is 1.54. The van der Waals surface area contributed by atoms with Gasteiger partial charge < -0.3 is 52.8 Å². The van der Waals surface area contributed by atoms with Gasteiger partial charge in [-0.2, -0.15) is 0 Å². The van der Waals surface area contributed by atoms with E-state index in [2.05, 4.69) is 65.4 Å². The molecule has 0 saturated carbocycles. The predicted octanol–water partition coefficient (Wildman–Crippen LogP) is 4.03. The highest BCUT2D eigenvalue weighted by atomic mass is 32.1. The molecule has 19 heteroatoms. The van der Waals surface area contributed by atoms with Crippen LogP contribution in [0.5, 0.6) is 23.0 Å². The van der Waals surface area contributed by atoms with E-state index in [1.165, 1.54) is 11.8 Å². The number of amides is 1. The van der Waals surface area contributed by atoms with Gasteiger partial charge in [0, 0.05) is 56.4 Å². The first-order valence-electron chi connectivity index (χ1n) is 21.9. The SMILES string of the molecule is COc1cc(CN2CCN(c3ccccc3OC)CC2)ccc1OCc1cn(CCOCCOCCOCCOCCOCCNC(=O)COc2cncc(C#Cc3csc(C)n3)c2)nn1. The number of carbonyl (C=O) groups excluding carboxylic acids is 1. The predicted molar refractivity (Wildman–Crippen MR) is 247 cm³/mol. The van der Waals surface area contributed by atoms with Crippen LogP contribution in [-0.4, -0.2) is 155 Å². The number of carbonyl (C=O) groups is 1. The molecule has 66 heavy (non-hydrogen) atoms. The van der Waals surface area contributed by atoms with Crippen LogP contribution in [0.3, 0.4) is 0 Å². The Morgan fingerprint density at radius 1 is 0.773 bits per heavy atom. The molecule has 5 aromatic rings. The van der Waals surface area contributed by atoms with Gasteiger partial charge in [-0.3, -0.25) is 14.7 Å². The number of pyridine rings is 1. The van der Waals surface area contributed by atoms with Crippen LogP contribution < -0.4 is 29.2 Å². The number of piperazine rings is 1. The van der Waals surface area contributed by atoms with Crippen LogP contribution in [0.15, 0.2) is 72.5 Å². The maximum Gasteiger partial charge on any atom is 0.258 e. The molecule has 2 aromatic carbocycles. The van der Waals surface area contributed by atoms with Gasteiger partial charge in [-0.05, 0) is 48.7 Å². The normalized spacial score (nSPS) is 12.7. The lowest BCUT2D eigenvalue weighted by Gasteiger charge is -2.36. The van der Waals surface area contributed by atoms with Crippen LogP contribution in [-0.2, 0) is 48.2 Å². The molecular weight excluding hydrogens is 869 g/mol. The highest BCUT2D eigenvalue weighted by molar-refractivity contribution is 7.09. The number of aryl methyl sites for hydroxylation is 1. The highest BCUT2D eigenvalue weighted by Crippen LogP contribution is 2.31. The van der Waals surface area contributed by atoms with Gasteiger partial charge in [-0.15, -0.1) is 16.4 Å². The quantitative estimate of drug-likeness (QED) is 0.0537. The highest BCUT2D eigenvalue weighted by Gasteiger charge is 2.20. The molecule has 4 heterocycles. The number of thiazole rings is 1. The number of para-hydroxylation sites is 2. The lowest BCUT2D eigenvalue weighted by Crippen LogP contribution is -2.46. The number of nitrogens with zero attached hydrogens (tertiary/aromatic N) is 7. The molecular formula is C47H60N8O10S. The van der Waals surface area contributed by atoms with E-state index < -0.39 is 0 Å². The van der Waals surface area contributed by atoms with Gasteiger partial charge in [0.2, 0.25) is 0 Å². The molecule has 1 amide bonds. The van der Waals surface area contributed by atoms with Crippen molar-refractivity contribution in [2.75, 3.05) is 125 Å². The molecule has 354 valence electrons. The molecule has 1 aliphatic heterocycles. The number of rotatable bonds is 29. The molecule has 1 saturated heterocycles. The van der Waals surface area contributed by atoms with E-state index in [0.717, 1.165) is 49.2 Å². The molecule has 6 rings (SSSR count). The Balaban J connectivity index is 0.704. The molecule has 0 radical (unpaired) electrons. The minimum Gasteiger partial charge on any atom is -0.495 e. The van der Waals surface area contributed by atoms with E-state index >= 15 is 0 Å². The molecule has 0 bridgehead atoms. The van der Waals surface area contributed by atoms with E-state index in [0.29, 0.717) is 113 Å². The maximum absolute atomic E-state index is 12.1. The summed E-state index contributed by atoms with van der Waals surface area (Å²) in [5, 5.41) is 14.1. The van der Waals surface area contributed by atoms with E-state index in [1.54, 1.807) is 42.5 Å². The van der Waals surface area contributed by atoms with Gasteiger partial charge in [0.1, 0.15) is 29.5 Å². The number of hydrogen-bond acceptors (Lipinski definition) is 17. The lowest BCUT2D eigenvalue weighted by molar-refractivity contribution is -0.123. The molecule has 1 N–H and O–H groups in total. The summed E-state index contributed by atoms with van der Waals surface area (Å²) in [5.41, 5.74) is 4.40. The third-order valence-electron chi connectivity index (χ3n) is 9.95. The number of ether oxygens (including phenoxy) is 9. The second-order valence-corrected chi connectivity index (χ2v) is 15.9. The van der Waals surface area contributed by atoms with Crippen molar-refractivity contribution in [2.45, 2.75) is 26.6 Å². The fourth-order valence-corrected chi connectivity index (χ4v) is 7.16. The van der Waals surface area contributed by atoms with Gasteiger partial charge >= 0.3 is 0 Å². The van der Waals surface area contributed by atoms with E-state index in [-0.39, 0.29) is 19.1 Å². The van der Waals surface area contributed by atoms with Crippen molar-refractivity contribution in [3.63, 3.8) is 0 Å². The second kappa shape index (κ2) is 28.2. The minimum absolute atomic E-state index is 0.141. The minimum atomic E-state index is -0.263. The summed E-state index contributed by atoms with van der Waals surface area (Å²) in [5.74, 6) is 8.45. The molecule has 0 unspecified atom stereocenters. The summed E-state index contributed by atoms with van der Waals surface area (Å²) in [6.07, 6.45) is 5.02. The summed E-state index contributed by atoms with van der Waals surface area (Å²) in [7, 11) is 3.37. The van der Waals surface area contributed by atoms with E-state index in [9.17, 15) is 4.79 Å². The number of nitrogens with one attached hydrogen (secondary N) is 1. The van der Waals surface area contributed by atoms with Crippen LogP contribution in [0, 0.1) is 18.8 Å². The molecule has 18 nitrogen and oxygen atoms in total. The zero-order chi connectivity index (χ0) is 46.0. The first-order chi connectivity index (χ1) is 32.4. The topological polar surface area (TPSA) is 175 Å². The summed E-state index contributed by atoms with van der Waals surface area (Å²) in [6, 6.07) is 16.0. The summed E-state index contributed by atoms with van der Waals surface area (Å²) in [4.78, 5) is 25.4. The van der Waals surface area contributed by atoms with Crippen LogP contribution in [0.4, 0.5) is 5.69 Å². The summed E-state index contributed by atoms with van der Waals surface area (Å²) < 4.78 is 52.5. The average Bonchev–Trinajstić information content (AvgIpc) is 4.00. The van der Waals surface area contributed by atoms with Gasteiger partial charge in [-0.1, -0.05) is 29.3 Å². The average molecular weight is 929 g/mol. The van der Waals surface area contributed by atoms with Crippen molar-refractivity contribution in [3.05, 3.63) is 100 Å². The monoisotopic (exact) mass is 928 g/mol. The summed E-state index contributed by atoms with van der Waals surface area (Å²) in [6.45, 7) is 11.9. The molecule has 1 fully saturated rings. The van der Waals surface area contributed by atoms with Crippen molar-refractivity contribution >= 4 is 22.9 Å². The van der Waals surface area contributed by atoms with Crippen molar-refractivity contribution < 1.29 is 47.4 Å². The Hall–Kier alpha value is -5.85. The van der Waals surface area contributed by atoms with Crippen molar-refractivity contribution in [1.29, 1.82) is 0 Å². The number of methoxy groups -OCH3 is 2. The first-order valence-corrected chi connectivity index (χ1v) is 22.8. The van der Waals surface area contributed by atoms with Gasteiger partial charge in [0.15, 0.2) is 18.1 Å². The Bertz CT molecular complexity index is 2260. The molecule has 0 atom stereocenters. The number of hydrogen-bond donors (Lipinski definition) is 1. The Labute approximate surface area is 390 Å². The first kappa shape index (κ1) is 49.6. The van der Waals surface area contributed by atoms with Crippen LogP contribution in [0.2, 0.25) is 0 Å². The third-order valence-corrected chi connectivity index (χ3v) is 10.7. The van der Waals surface area contributed by atoms with Gasteiger partial charge in [-0.25, -0.2) is 9.67 Å². The van der Waals surface area contributed by atoms with Gasteiger partial charge in [0.25, 0.3) is 5.91 Å².